The van der Waals surface area contributed by atoms with Crippen molar-refractivity contribution in [3.05, 3.63) is 48.3 Å². The van der Waals surface area contributed by atoms with Gasteiger partial charge in [0.05, 0.1) is 0 Å². The van der Waals surface area contributed by atoms with Crippen LogP contribution >= 0.6 is 0 Å². The predicted molar refractivity (Wildman–Crippen MR) is 65.9 cm³/mol. The minimum Gasteiger partial charge on any atom is -0.424 e. The van der Waals surface area contributed by atoms with E-state index < -0.39 is 0 Å². The normalized spacial score (nSPS) is 10.2. The van der Waals surface area contributed by atoms with Crippen LogP contribution in [-0.4, -0.2) is 16.5 Å². The van der Waals surface area contributed by atoms with Crippen LogP contribution in [0.5, 0.6) is 11.8 Å². The molecule has 0 spiro atoms. The van der Waals surface area contributed by atoms with Gasteiger partial charge in [0.2, 0.25) is 0 Å². The van der Waals surface area contributed by atoms with Crippen molar-refractivity contribution in [2.75, 3.05) is 6.54 Å². The highest BCUT2D eigenvalue weighted by molar-refractivity contribution is 5.29. The fourth-order valence-corrected chi connectivity index (χ4v) is 1.47. The number of rotatable bonds is 5. The van der Waals surface area contributed by atoms with Crippen molar-refractivity contribution in [1.29, 1.82) is 0 Å². The second-order valence-electron chi connectivity index (χ2n) is 3.67. The second-order valence-corrected chi connectivity index (χ2v) is 3.67. The molecule has 4 nitrogen and oxygen atoms in total. The van der Waals surface area contributed by atoms with Gasteiger partial charge in [0.1, 0.15) is 5.75 Å². The van der Waals surface area contributed by atoms with Crippen molar-refractivity contribution in [2.45, 2.75) is 12.8 Å². The molecule has 0 aliphatic rings. The molecule has 17 heavy (non-hydrogen) atoms. The van der Waals surface area contributed by atoms with E-state index in [9.17, 15) is 0 Å². The molecule has 4 heteroatoms. The lowest BCUT2D eigenvalue weighted by Gasteiger charge is -2.04. The van der Waals surface area contributed by atoms with E-state index in [-0.39, 0.29) is 0 Å². The van der Waals surface area contributed by atoms with Crippen LogP contribution < -0.4 is 10.5 Å². The summed E-state index contributed by atoms with van der Waals surface area (Å²) in [5, 5.41) is 0. The molecule has 0 aliphatic heterocycles. The summed E-state index contributed by atoms with van der Waals surface area (Å²) in [6, 6.07) is 10.0. The quantitative estimate of drug-likeness (QED) is 0.853. The van der Waals surface area contributed by atoms with Crippen LogP contribution in [0.15, 0.2) is 42.7 Å². The number of aryl methyl sites for hydroxylation is 1. The van der Waals surface area contributed by atoms with Crippen LogP contribution in [0, 0.1) is 0 Å². The molecule has 1 heterocycles. The van der Waals surface area contributed by atoms with Crippen molar-refractivity contribution < 1.29 is 4.74 Å². The highest BCUT2D eigenvalue weighted by atomic mass is 16.5. The average Bonchev–Trinajstić information content (AvgIpc) is 2.39. The number of nitrogens with zero attached hydrogens (tertiary/aromatic N) is 2. The van der Waals surface area contributed by atoms with Crippen LogP contribution in [0.3, 0.4) is 0 Å². The Morgan fingerprint density at radius 3 is 2.41 bits per heavy atom. The zero-order chi connectivity index (χ0) is 11.9. The summed E-state index contributed by atoms with van der Waals surface area (Å²) >= 11 is 0. The first kappa shape index (κ1) is 11.5. The molecule has 0 saturated heterocycles. The lowest BCUT2D eigenvalue weighted by atomic mass is 10.1. The molecule has 0 amide bonds. The molecule has 0 saturated carbocycles. The third-order valence-corrected chi connectivity index (χ3v) is 2.34. The third-order valence-electron chi connectivity index (χ3n) is 2.34. The number of hydrogen-bond donors (Lipinski definition) is 1. The maximum absolute atomic E-state index is 5.49. The summed E-state index contributed by atoms with van der Waals surface area (Å²) in [4.78, 5) is 7.99. The third kappa shape index (κ3) is 3.53. The Balaban J connectivity index is 1.98. The van der Waals surface area contributed by atoms with Crippen LogP contribution in [0.1, 0.15) is 12.0 Å². The van der Waals surface area contributed by atoms with Gasteiger partial charge in [-0.05, 0) is 43.1 Å². The number of nitrogens with two attached hydrogens (primary N) is 1. The van der Waals surface area contributed by atoms with Crippen molar-refractivity contribution in [2.24, 2.45) is 5.73 Å². The summed E-state index contributed by atoms with van der Waals surface area (Å²) in [7, 11) is 0. The van der Waals surface area contributed by atoms with Gasteiger partial charge in [-0.3, -0.25) is 0 Å². The molecule has 1 aromatic heterocycles. The van der Waals surface area contributed by atoms with Crippen LogP contribution in [0.25, 0.3) is 0 Å². The Hall–Kier alpha value is -1.94. The van der Waals surface area contributed by atoms with Crippen LogP contribution in [0.2, 0.25) is 0 Å². The van der Waals surface area contributed by atoms with E-state index >= 15 is 0 Å². The smallest absolute Gasteiger partial charge is 0.321 e. The van der Waals surface area contributed by atoms with Crippen molar-refractivity contribution in [3.63, 3.8) is 0 Å². The molecule has 2 rings (SSSR count). The zero-order valence-corrected chi connectivity index (χ0v) is 9.54. The molecular formula is C13H15N3O. The minimum atomic E-state index is 0.363. The lowest BCUT2D eigenvalue weighted by Crippen LogP contribution is -2.00. The highest BCUT2D eigenvalue weighted by Crippen LogP contribution is 2.17. The summed E-state index contributed by atoms with van der Waals surface area (Å²) in [6.07, 6.45) is 5.30. The van der Waals surface area contributed by atoms with Gasteiger partial charge >= 0.3 is 6.01 Å². The topological polar surface area (TPSA) is 61.0 Å². The Bertz CT molecular complexity index is 442. The average molecular weight is 229 g/mol. The van der Waals surface area contributed by atoms with Gasteiger partial charge in [0.25, 0.3) is 0 Å². The number of benzene rings is 1. The largest absolute Gasteiger partial charge is 0.424 e. The van der Waals surface area contributed by atoms with Crippen LogP contribution in [0.4, 0.5) is 0 Å². The Morgan fingerprint density at radius 1 is 1.06 bits per heavy atom. The van der Waals surface area contributed by atoms with E-state index in [1.165, 1.54) is 5.56 Å². The zero-order valence-electron chi connectivity index (χ0n) is 9.54. The molecular weight excluding hydrogens is 214 g/mol. The first-order chi connectivity index (χ1) is 8.38. The van der Waals surface area contributed by atoms with E-state index in [0.29, 0.717) is 6.01 Å². The Labute approximate surface area is 100 Å². The number of ether oxygens (including phenoxy) is 1. The molecule has 0 unspecified atom stereocenters. The Morgan fingerprint density at radius 2 is 1.76 bits per heavy atom. The first-order valence-corrected chi connectivity index (χ1v) is 5.62. The summed E-state index contributed by atoms with van der Waals surface area (Å²) < 4.78 is 5.49. The van der Waals surface area contributed by atoms with E-state index in [1.807, 2.05) is 24.3 Å². The van der Waals surface area contributed by atoms with Crippen molar-refractivity contribution in [1.82, 2.24) is 9.97 Å². The van der Waals surface area contributed by atoms with Gasteiger partial charge in [-0.15, -0.1) is 0 Å². The monoisotopic (exact) mass is 229 g/mol. The van der Waals surface area contributed by atoms with Gasteiger partial charge < -0.3 is 10.5 Å². The number of hydrogen-bond acceptors (Lipinski definition) is 4. The fourth-order valence-electron chi connectivity index (χ4n) is 1.47. The maximum atomic E-state index is 5.49. The van der Waals surface area contributed by atoms with Gasteiger partial charge in [-0.2, -0.15) is 0 Å². The predicted octanol–water partition coefficient (Wildman–Crippen LogP) is 2.16. The van der Waals surface area contributed by atoms with E-state index in [0.717, 1.165) is 25.1 Å². The fraction of sp³-hybridized carbons (Fsp3) is 0.231. The molecule has 0 fully saturated rings. The molecule has 2 N–H and O–H groups in total. The van der Waals surface area contributed by atoms with Gasteiger partial charge in [0.15, 0.2) is 0 Å². The van der Waals surface area contributed by atoms with Gasteiger partial charge in [-0.25, -0.2) is 9.97 Å². The molecule has 88 valence electrons. The molecule has 1 aromatic carbocycles. The Kier molecular flexibility index (Phi) is 4.05. The molecule has 0 aliphatic carbocycles. The van der Waals surface area contributed by atoms with Crippen LogP contribution in [-0.2, 0) is 6.42 Å². The molecule has 0 bridgehead atoms. The summed E-state index contributed by atoms with van der Waals surface area (Å²) in [5.41, 5.74) is 6.73. The molecule has 0 atom stereocenters. The maximum Gasteiger partial charge on any atom is 0.321 e. The van der Waals surface area contributed by atoms with E-state index in [2.05, 4.69) is 9.97 Å². The minimum absolute atomic E-state index is 0.363. The lowest BCUT2D eigenvalue weighted by molar-refractivity contribution is 0.441. The van der Waals surface area contributed by atoms with E-state index in [1.54, 1.807) is 18.5 Å². The van der Waals surface area contributed by atoms with Crippen molar-refractivity contribution in [3.8, 4) is 11.8 Å². The summed E-state index contributed by atoms with van der Waals surface area (Å²) in [6.45, 7) is 0.718. The van der Waals surface area contributed by atoms with E-state index in [4.69, 9.17) is 10.5 Å². The first-order valence-electron chi connectivity index (χ1n) is 5.62. The standard InChI is InChI=1S/C13H15N3O/c14-8-1-3-11-4-6-12(7-5-11)17-13-15-9-2-10-16-13/h2,4-7,9-10H,1,3,8,14H2. The SMILES string of the molecule is NCCCc1ccc(Oc2ncccn2)cc1. The van der Waals surface area contributed by atoms with Crippen molar-refractivity contribution >= 4 is 0 Å². The number of aromatic nitrogens is 2. The van der Waals surface area contributed by atoms with Gasteiger partial charge in [-0.1, -0.05) is 12.1 Å². The van der Waals surface area contributed by atoms with Gasteiger partial charge in [0, 0.05) is 12.4 Å². The molecule has 2 aromatic rings. The summed E-state index contributed by atoms with van der Waals surface area (Å²) in [5.74, 6) is 0.743. The molecule has 0 radical (unpaired) electrons. The second kappa shape index (κ2) is 5.96. The highest BCUT2D eigenvalue weighted by Gasteiger charge is 1.99.